The highest BCUT2D eigenvalue weighted by Gasteiger charge is 2.12. The maximum atomic E-state index is 11.1. The van der Waals surface area contributed by atoms with Crippen LogP contribution in [0.1, 0.15) is 10.4 Å². The van der Waals surface area contributed by atoms with Gasteiger partial charge in [-0.15, -0.1) is 0 Å². The number of methoxy groups -OCH3 is 1. The van der Waals surface area contributed by atoms with Crippen molar-refractivity contribution in [3.05, 3.63) is 32.2 Å². The van der Waals surface area contributed by atoms with E-state index in [-0.39, 0.29) is 5.56 Å². The number of benzene rings is 1. The summed E-state index contributed by atoms with van der Waals surface area (Å²) in [5, 5.41) is 0.730. The summed E-state index contributed by atoms with van der Waals surface area (Å²) in [6.07, 6.45) is 0. The summed E-state index contributed by atoms with van der Waals surface area (Å²) in [7, 11) is 1.29. The van der Waals surface area contributed by atoms with Gasteiger partial charge in [0.05, 0.1) is 22.7 Å². The number of rotatable bonds is 1. The van der Waals surface area contributed by atoms with Crippen LogP contribution in [0.4, 0.5) is 0 Å². The molecule has 0 amide bonds. The highest BCUT2D eigenvalue weighted by molar-refractivity contribution is 9.10. The number of halogens is 3. The zero-order chi connectivity index (χ0) is 10.0. The molecule has 13 heavy (non-hydrogen) atoms. The van der Waals surface area contributed by atoms with Crippen LogP contribution in [0.3, 0.4) is 0 Å². The molecule has 2 nitrogen and oxygen atoms in total. The average molecular weight is 284 g/mol. The quantitative estimate of drug-likeness (QED) is 0.582. The van der Waals surface area contributed by atoms with Crippen molar-refractivity contribution in [2.24, 2.45) is 0 Å². The first-order valence-electron chi connectivity index (χ1n) is 3.29. The zero-order valence-corrected chi connectivity index (χ0v) is 9.70. The molecule has 70 valence electrons. The molecule has 1 aromatic rings. The molecule has 0 radical (unpaired) electrons. The third kappa shape index (κ3) is 2.36. The second kappa shape index (κ2) is 4.31. The summed E-state index contributed by atoms with van der Waals surface area (Å²) in [5.74, 6) is -0.501. The first-order chi connectivity index (χ1) is 6.06. The summed E-state index contributed by atoms with van der Waals surface area (Å²) >= 11 is 14.7. The predicted octanol–water partition coefficient (Wildman–Crippen LogP) is 3.54. The van der Waals surface area contributed by atoms with Gasteiger partial charge in [-0.3, -0.25) is 0 Å². The van der Waals surface area contributed by atoms with E-state index in [2.05, 4.69) is 20.7 Å². The van der Waals surface area contributed by atoms with E-state index in [1.807, 2.05) is 0 Å². The minimum Gasteiger partial charge on any atom is -0.465 e. The number of carbonyl (C=O) groups excluding carboxylic acids is 1. The van der Waals surface area contributed by atoms with Gasteiger partial charge < -0.3 is 4.74 Å². The van der Waals surface area contributed by atoms with E-state index in [1.54, 1.807) is 6.07 Å². The van der Waals surface area contributed by atoms with Crippen molar-refractivity contribution in [3.63, 3.8) is 0 Å². The fraction of sp³-hybridized carbons (Fsp3) is 0.125. The van der Waals surface area contributed by atoms with Crippen LogP contribution < -0.4 is 0 Å². The normalized spacial score (nSPS) is 9.85. The fourth-order valence-corrected chi connectivity index (χ4v) is 1.67. The molecule has 0 atom stereocenters. The van der Waals surface area contributed by atoms with Crippen LogP contribution in [0.25, 0.3) is 0 Å². The second-order valence-corrected chi connectivity index (χ2v) is 3.91. The first kappa shape index (κ1) is 10.8. The van der Waals surface area contributed by atoms with E-state index in [0.29, 0.717) is 14.5 Å². The molecule has 0 bridgehead atoms. The van der Waals surface area contributed by atoms with Gasteiger partial charge in [-0.1, -0.05) is 23.2 Å². The van der Waals surface area contributed by atoms with Gasteiger partial charge in [-0.2, -0.15) is 0 Å². The van der Waals surface area contributed by atoms with Crippen LogP contribution in [0.5, 0.6) is 0 Å². The van der Waals surface area contributed by atoms with Crippen molar-refractivity contribution in [2.75, 3.05) is 7.11 Å². The molecule has 0 aliphatic heterocycles. The van der Waals surface area contributed by atoms with E-state index < -0.39 is 5.97 Å². The van der Waals surface area contributed by atoms with E-state index >= 15 is 0 Å². The molecular formula is C8H5BrCl2O2. The lowest BCUT2D eigenvalue weighted by Crippen LogP contribution is -2.01. The fourth-order valence-electron chi connectivity index (χ4n) is 0.789. The molecule has 0 aliphatic rings. The number of ether oxygens (including phenoxy) is 1. The average Bonchev–Trinajstić information content (AvgIpc) is 2.10. The van der Waals surface area contributed by atoms with Crippen molar-refractivity contribution in [3.8, 4) is 0 Å². The molecule has 0 N–H and O–H groups in total. The van der Waals surface area contributed by atoms with Crippen LogP contribution in [0.15, 0.2) is 16.6 Å². The highest BCUT2D eigenvalue weighted by Crippen LogP contribution is 2.29. The SMILES string of the molecule is COC(=O)c1cc(Cl)c(Br)cc1Cl. The second-order valence-electron chi connectivity index (χ2n) is 2.24. The molecule has 0 saturated carbocycles. The van der Waals surface area contributed by atoms with Gasteiger partial charge in [0, 0.05) is 4.47 Å². The Morgan fingerprint density at radius 1 is 1.38 bits per heavy atom. The van der Waals surface area contributed by atoms with E-state index in [1.165, 1.54) is 13.2 Å². The standard InChI is InChI=1S/C8H5BrCl2O2/c1-13-8(12)4-2-7(11)5(9)3-6(4)10/h2-3H,1H3. The third-order valence-corrected chi connectivity index (χ3v) is 2.93. The number of esters is 1. The first-order valence-corrected chi connectivity index (χ1v) is 4.84. The Balaban J connectivity index is 3.23. The van der Waals surface area contributed by atoms with Crippen LogP contribution in [0.2, 0.25) is 10.0 Å². The molecule has 0 heterocycles. The summed E-state index contributed by atoms with van der Waals surface area (Å²) in [4.78, 5) is 11.1. The maximum Gasteiger partial charge on any atom is 0.339 e. The monoisotopic (exact) mass is 282 g/mol. The van der Waals surface area contributed by atoms with Gasteiger partial charge in [0.15, 0.2) is 0 Å². The maximum absolute atomic E-state index is 11.1. The number of carbonyl (C=O) groups is 1. The van der Waals surface area contributed by atoms with Gasteiger partial charge in [0.1, 0.15) is 0 Å². The Bertz CT molecular complexity index is 352. The minimum absolute atomic E-state index is 0.261. The van der Waals surface area contributed by atoms with Crippen molar-refractivity contribution >= 4 is 45.1 Å². The number of hydrogen-bond donors (Lipinski definition) is 0. The van der Waals surface area contributed by atoms with Gasteiger partial charge in [-0.25, -0.2) is 4.79 Å². The molecule has 0 aromatic heterocycles. The summed E-state index contributed by atoms with van der Waals surface area (Å²) in [6.45, 7) is 0. The highest BCUT2D eigenvalue weighted by atomic mass is 79.9. The Hall–Kier alpha value is -0.250. The van der Waals surface area contributed by atoms with Crippen LogP contribution >= 0.6 is 39.1 Å². The molecular weight excluding hydrogens is 279 g/mol. The third-order valence-electron chi connectivity index (χ3n) is 1.42. The van der Waals surface area contributed by atoms with Gasteiger partial charge in [-0.05, 0) is 28.1 Å². The summed E-state index contributed by atoms with van der Waals surface area (Å²) in [6, 6.07) is 3.01. The Morgan fingerprint density at radius 3 is 2.54 bits per heavy atom. The topological polar surface area (TPSA) is 26.3 Å². The Kier molecular flexibility index (Phi) is 3.59. The summed E-state index contributed by atoms with van der Waals surface area (Å²) < 4.78 is 5.16. The lowest BCUT2D eigenvalue weighted by atomic mass is 10.2. The van der Waals surface area contributed by atoms with E-state index in [4.69, 9.17) is 23.2 Å². The van der Waals surface area contributed by atoms with Gasteiger partial charge in [0.25, 0.3) is 0 Å². The molecule has 0 spiro atoms. The van der Waals surface area contributed by atoms with Crippen LogP contribution in [-0.4, -0.2) is 13.1 Å². The smallest absolute Gasteiger partial charge is 0.339 e. The van der Waals surface area contributed by atoms with E-state index in [0.717, 1.165) is 0 Å². The number of hydrogen-bond acceptors (Lipinski definition) is 2. The van der Waals surface area contributed by atoms with Crippen molar-refractivity contribution in [1.82, 2.24) is 0 Å². The Labute approximate surface area is 93.9 Å². The lowest BCUT2D eigenvalue weighted by Gasteiger charge is -2.03. The van der Waals surface area contributed by atoms with E-state index in [9.17, 15) is 4.79 Å². The lowest BCUT2D eigenvalue weighted by molar-refractivity contribution is 0.0601. The minimum atomic E-state index is -0.501. The predicted molar refractivity (Wildman–Crippen MR) is 55.5 cm³/mol. The molecule has 0 fully saturated rings. The molecule has 0 aliphatic carbocycles. The molecule has 5 heteroatoms. The molecule has 0 saturated heterocycles. The summed E-state index contributed by atoms with van der Waals surface area (Å²) in [5.41, 5.74) is 0.261. The van der Waals surface area contributed by atoms with Crippen molar-refractivity contribution in [2.45, 2.75) is 0 Å². The van der Waals surface area contributed by atoms with Crippen LogP contribution in [-0.2, 0) is 4.74 Å². The molecule has 1 rings (SSSR count). The van der Waals surface area contributed by atoms with Crippen molar-refractivity contribution < 1.29 is 9.53 Å². The van der Waals surface area contributed by atoms with Crippen LogP contribution in [0, 0.1) is 0 Å². The van der Waals surface area contributed by atoms with Gasteiger partial charge in [0.2, 0.25) is 0 Å². The van der Waals surface area contributed by atoms with Crippen molar-refractivity contribution in [1.29, 1.82) is 0 Å². The Morgan fingerprint density at radius 2 is 2.00 bits per heavy atom. The zero-order valence-electron chi connectivity index (χ0n) is 6.61. The molecule has 0 unspecified atom stereocenters. The molecule has 1 aromatic carbocycles. The largest absolute Gasteiger partial charge is 0.465 e. The van der Waals surface area contributed by atoms with Gasteiger partial charge >= 0.3 is 5.97 Å².